The molecule has 5 N–H and O–H groups in total. The summed E-state index contributed by atoms with van der Waals surface area (Å²) >= 11 is 5.90. The maximum atomic E-state index is 5.98. The van der Waals surface area contributed by atoms with E-state index in [1.54, 1.807) is 18.3 Å². The predicted molar refractivity (Wildman–Crippen MR) is 72.9 cm³/mol. The Kier molecular flexibility index (Phi) is 3.86. The van der Waals surface area contributed by atoms with Crippen molar-refractivity contribution >= 4 is 17.3 Å². The minimum atomic E-state index is -0.253. The zero-order valence-corrected chi connectivity index (χ0v) is 10.9. The van der Waals surface area contributed by atoms with Crippen molar-refractivity contribution in [2.24, 2.45) is 5.84 Å². The molecule has 2 rings (SSSR count). The van der Waals surface area contributed by atoms with Crippen molar-refractivity contribution in [3.63, 3.8) is 0 Å². The molecule has 0 bridgehead atoms. The lowest BCUT2D eigenvalue weighted by molar-refractivity contribution is 0.562. The number of nitrogens with two attached hydrogens (primary N) is 2. The largest absolute Gasteiger partial charge is 0.398 e. The number of aromatic nitrogens is 2. The lowest BCUT2D eigenvalue weighted by atomic mass is 10.0. The number of aryl methyl sites for hydroxylation is 1. The molecule has 18 heavy (non-hydrogen) atoms. The molecule has 1 aromatic carbocycles. The van der Waals surface area contributed by atoms with Crippen LogP contribution in [0, 0.1) is 0 Å². The van der Waals surface area contributed by atoms with Crippen LogP contribution >= 0.6 is 11.6 Å². The third kappa shape index (κ3) is 2.33. The monoisotopic (exact) mass is 265 g/mol. The van der Waals surface area contributed by atoms with Gasteiger partial charge >= 0.3 is 0 Å². The maximum Gasteiger partial charge on any atom is 0.131 e. The summed E-state index contributed by atoms with van der Waals surface area (Å²) in [6.45, 7) is 2.87. The van der Waals surface area contributed by atoms with Gasteiger partial charge in [-0.25, -0.2) is 10.4 Å². The summed E-state index contributed by atoms with van der Waals surface area (Å²) in [5.74, 6) is 6.46. The second kappa shape index (κ2) is 5.39. The lowest BCUT2D eigenvalue weighted by Gasteiger charge is -2.19. The molecule has 0 saturated carbocycles. The normalized spacial score (nSPS) is 12.6. The standard InChI is InChI=1S/C12H16ClN5/c1-2-18-6-5-16-12(18)11(17-15)9-4-3-8(13)7-10(9)14/h3-7,11,17H,2,14-15H2,1H3. The first-order valence-electron chi connectivity index (χ1n) is 5.69. The van der Waals surface area contributed by atoms with Crippen LogP contribution in [0.5, 0.6) is 0 Å². The van der Waals surface area contributed by atoms with Crippen LogP contribution in [0.4, 0.5) is 5.69 Å². The van der Waals surface area contributed by atoms with Crippen LogP contribution < -0.4 is 17.0 Å². The highest BCUT2D eigenvalue weighted by Gasteiger charge is 2.19. The number of anilines is 1. The summed E-state index contributed by atoms with van der Waals surface area (Å²) in [6.07, 6.45) is 3.65. The molecule has 96 valence electrons. The molecular formula is C12H16ClN5. The number of benzene rings is 1. The summed E-state index contributed by atoms with van der Waals surface area (Å²) in [5.41, 5.74) is 10.2. The molecule has 0 fully saturated rings. The Labute approximate surface area is 111 Å². The zero-order valence-electron chi connectivity index (χ0n) is 10.1. The van der Waals surface area contributed by atoms with Gasteiger partial charge in [0.05, 0.1) is 0 Å². The summed E-state index contributed by atoms with van der Waals surface area (Å²) in [5, 5.41) is 0.603. The molecule has 1 heterocycles. The predicted octanol–water partition coefficient (Wildman–Crippen LogP) is 1.69. The van der Waals surface area contributed by atoms with Gasteiger partial charge in [-0.1, -0.05) is 17.7 Å². The first-order valence-corrected chi connectivity index (χ1v) is 6.07. The van der Waals surface area contributed by atoms with Crippen molar-refractivity contribution < 1.29 is 0 Å². The molecular weight excluding hydrogens is 250 g/mol. The molecule has 0 aliphatic rings. The number of halogens is 1. The molecule has 0 radical (unpaired) electrons. The van der Waals surface area contributed by atoms with Gasteiger partial charge in [-0.2, -0.15) is 0 Å². The Morgan fingerprint density at radius 3 is 2.89 bits per heavy atom. The number of hydrazine groups is 1. The highest BCUT2D eigenvalue weighted by Crippen LogP contribution is 2.27. The van der Waals surface area contributed by atoms with Crippen LogP contribution in [0.15, 0.2) is 30.6 Å². The number of hydrogen-bond donors (Lipinski definition) is 3. The fraction of sp³-hybridized carbons (Fsp3) is 0.250. The number of nitrogens with one attached hydrogen (secondary N) is 1. The van der Waals surface area contributed by atoms with E-state index in [1.165, 1.54) is 0 Å². The number of nitrogen functional groups attached to an aromatic ring is 1. The summed E-state index contributed by atoms with van der Waals surface area (Å²) < 4.78 is 2.01. The van der Waals surface area contributed by atoms with E-state index in [4.69, 9.17) is 23.2 Å². The van der Waals surface area contributed by atoms with Gasteiger partial charge in [0.25, 0.3) is 0 Å². The SMILES string of the molecule is CCn1ccnc1C(NN)c1ccc(Cl)cc1N. The van der Waals surface area contributed by atoms with Crippen LogP contribution in [0.3, 0.4) is 0 Å². The van der Waals surface area contributed by atoms with Crippen LogP contribution in [-0.2, 0) is 6.54 Å². The van der Waals surface area contributed by atoms with Gasteiger partial charge in [0.15, 0.2) is 0 Å². The smallest absolute Gasteiger partial charge is 0.131 e. The van der Waals surface area contributed by atoms with Gasteiger partial charge in [-0.05, 0) is 19.1 Å². The minimum Gasteiger partial charge on any atom is -0.398 e. The molecule has 1 unspecified atom stereocenters. The number of imidazole rings is 1. The highest BCUT2D eigenvalue weighted by molar-refractivity contribution is 6.30. The van der Waals surface area contributed by atoms with Crippen LogP contribution in [0.2, 0.25) is 5.02 Å². The Bertz CT molecular complexity index is 537. The first-order chi connectivity index (χ1) is 8.67. The lowest BCUT2D eigenvalue weighted by Crippen LogP contribution is -2.31. The van der Waals surface area contributed by atoms with Crippen molar-refractivity contribution in [1.82, 2.24) is 15.0 Å². The van der Waals surface area contributed by atoms with Gasteiger partial charge in [0.2, 0.25) is 0 Å². The van der Waals surface area contributed by atoms with E-state index in [2.05, 4.69) is 10.4 Å². The van der Waals surface area contributed by atoms with Crippen molar-refractivity contribution in [1.29, 1.82) is 0 Å². The van der Waals surface area contributed by atoms with E-state index in [9.17, 15) is 0 Å². The molecule has 0 aliphatic heterocycles. The van der Waals surface area contributed by atoms with Gasteiger partial charge in [0.1, 0.15) is 11.9 Å². The van der Waals surface area contributed by atoms with Gasteiger partial charge in [-0.15, -0.1) is 0 Å². The molecule has 0 aliphatic carbocycles. The fourth-order valence-electron chi connectivity index (χ4n) is 1.96. The minimum absolute atomic E-state index is 0.253. The van der Waals surface area contributed by atoms with Crippen molar-refractivity contribution in [2.45, 2.75) is 19.5 Å². The van der Waals surface area contributed by atoms with E-state index in [-0.39, 0.29) is 6.04 Å². The topological polar surface area (TPSA) is 81.9 Å². The summed E-state index contributed by atoms with van der Waals surface area (Å²) in [7, 11) is 0. The molecule has 1 atom stereocenters. The van der Waals surface area contributed by atoms with Crippen molar-refractivity contribution in [3.05, 3.63) is 47.0 Å². The molecule has 0 amide bonds. The number of rotatable bonds is 4. The maximum absolute atomic E-state index is 5.98. The molecule has 6 heteroatoms. The van der Waals surface area contributed by atoms with E-state index >= 15 is 0 Å². The Morgan fingerprint density at radius 2 is 2.28 bits per heavy atom. The molecule has 5 nitrogen and oxygen atoms in total. The zero-order chi connectivity index (χ0) is 13.1. The van der Waals surface area contributed by atoms with E-state index in [0.29, 0.717) is 10.7 Å². The average molecular weight is 266 g/mol. The fourth-order valence-corrected chi connectivity index (χ4v) is 2.14. The third-order valence-corrected chi connectivity index (χ3v) is 3.11. The first kappa shape index (κ1) is 12.9. The second-order valence-electron chi connectivity index (χ2n) is 3.94. The van der Waals surface area contributed by atoms with Crippen LogP contribution in [0.1, 0.15) is 24.4 Å². The van der Waals surface area contributed by atoms with Gasteiger partial charge in [-0.3, -0.25) is 5.84 Å². The van der Waals surface area contributed by atoms with Crippen molar-refractivity contribution in [2.75, 3.05) is 5.73 Å². The second-order valence-corrected chi connectivity index (χ2v) is 4.38. The molecule has 0 spiro atoms. The molecule has 0 saturated heterocycles. The number of nitrogens with zero attached hydrogens (tertiary/aromatic N) is 2. The molecule has 1 aromatic heterocycles. The Balaban J connectivity index is 2.45. The van der Waals surface area contributed by atoms with E-state index < -0.39 is 0 Å². The quantitative estimate of drug-likeness (QED) is 0.446. The summed E-state index contributed by atoms with van der Waals surface area (Å²) in [6, 6.07) is 5.10. The highest BCUT2D eigenvalue weighted by atomic mass is 35.5. The third-order valence-electron chi connectivity index (χ3n) is 2.87. The molecule has 2 aromatic rings. The van der Waals surface area contributed by atoms with Gasteiger partial charge < -0.3 is 10.3 Å². The number of hydrogen-bond acceptors (Lipinski definition) is 4. The van der Waals surface area contributed by atoms with Gasteiger partial charge in [0, 0.05) is 35.2 Å². The van der Waals surface area contributed by atoms with Crippen LogP contribution in [0.25, 0.3) is 0 Å². The van der Waals surface area contributed by atoms with E-state index in [0.717, 1.165) is 17.9 Å². The average Bonchev–Trinajstić information content (AvgIpc) is 2.81. The van der Waals surface area contributed by atoms with Crippen molar-refractivity contribution in [3.8, 4) is 0 Å². The Hall–Kier alpha value is -1.56. The summed E-state index contributed by atoms with van der Waals surface area (Å²) in [4.78, 5) is 4.33. The van der Waals surface area contributed by atoms with E-state index in [1.807, 2.05) is 23.8 Å². The van der Waals surface area contributed by atoms with Crippen LogP contribution in [-0.4, -0.2) is 9.55 Å². The Morgan fingerprint density at radius 1 is 1.50 bits per heavy atom.